The minimum absolute atomic E-state index is 0.0836. The molecular weight excluding hydrogens is 460 g/mol. The molecule has 0 radical (unpaired) electrons. The molecule has 0 aliphatic rings. The van der Waals surface area contributed by atoms with Gasteiger partial charge in [-0.15, -0.1) is 0 Å². The fraction of sp³-hybridized carbons (Fsp3) is 0.423. The fourth-order valence-electron chi connectivity index (χ4n) is 3.16. The van der Waals surface area contributed by atoms with Gasteiger partial charge in [0.15, 0.2) is 15.9 Å². The summed E-state index contributed by atoms with van der Waals surface area (Å²) in [5.74, 6) is 6.39. The molecule has 0 fully saturated rings. The number of carbonyl (C=O) groups excluding carboxylic acids is 1. The average Bonchev–Trinajstić information content (AvgIpc) is 2.73. The number of halogens is 1. The smallest absolute Gasteiger partial charge is 0.347 e. The minimum Gasteiger partial charge on any atom is -0.477 e. The zero-order valence-corrected chi connectivity index (χ0v) is 21.3. The van der Waals surface area contributed by atoms with E-state index in [0.717, 1.165) is 5.56 Å². The molecule has 0 saturated carbocycles. The Morgan fingerprint density at radius 2 is 1.76 bits per heavy atom. The maximum atomic E-state index is 12.5. The molecule has 7 heteroatoms. The molecule has 5 nitrogen and oxygen atoms in total. The molecule has 178 valence electrons. The highest BCUT2D eigenvalue weighted by Gasteiger charge is 2.24. The quantitative estimate of drug-likeness (QED) is 0.338. The van der Waals surface area contributed by atoms with Crippen molar-refractivity contribution >= 4 is 27.4 Å². The lowest BCUT2D eigenvalue weighted by atomic mass is 10.1. The first kappa shape index (κ1) is 26.8. The third kappa shape index (κ3) is 7.80. The monoisotopic (exact) mass is 490 g/mol. The number of hydrogen-bond acceptors (Lipinski definition) is 5. The first-order valence-corrected chi connectivity index (χ1v) is 13.1. The highest BCUT2D eigenvalue weighted by Crippen LogP contribution is 2.25. The van der Waals surface area contributed by atoms with E-state index in [2.05, 4.69) is 11.8 Å². The van der Waals surface area contributed by atoms with Gasteiger partial charge < -0.3 is 9.47 Å². The molecule has 0 unspecified atom stereocenters. The van der Waals surface area contributed by atoms with Crippen LogP contribution in [0, 0.1) is 24.7 Å². The molecule has 0 saturated heterocycles. The maximum Gasteiger partial charge on any atom is 0.347 e. The number of rotatable bonds is 9. The molecule has 0 amide bonds. The highest BCUT2D eigenvalue weighted by molar-refractivity contribution is 7.91. The van der Waals surface area contributed by atoms with Crippen molar-refractivity contribution in [3.05, 3.63) is 58.1 Å². The first-order valence-electron chi connectivity index (χ1n) is 11.1. The fourth-order valence-corrected chi connectivity index (χ4v) is 4.68. The van der Waals surface area contributed by atoms with Crippen molar-refractivity contribution in [3.8, 4) is 17.6 Å². The summed E-state index contributed by atoms with van der Waals surface area (Å²) in [4.78, 5) is 12.7. The van der Waals surface area contributed by atoms with Crippen LogP contribution in [0.15, 0.2) is 41.3 Å². The van der Waals surface area contributed by atoms with E-state index in [9.17, 15) is 13.2 Å². The summed E-state index contributed by atoms with van der Waals surface area (Å²) >= 11 is 6.19. The van der Waals surface area contributed by atoms with E-state index < -0.39 is 21.9 Å². The largest absolute Gasteiger partial charge is 0.477 e. The summed E-state index contributed by atoms with van der Waals surface area (Å²) < 4.78 is 36.1. The van der Waals surface area contributed by atoms with E-state index >= 15 is 0 Å². The second-order valence-electron chi connectivity index (χ2n) is 8.17. The Hall–Kier alpha value is -2.49. The van der Waals surface area contributed by atoms with Gasteiger partial charge in [0.2, 0.25) is 0 Å². The van der Waals surface area contributed by atoms with Crippen LogP contribution >= 0.6 is 11.6 Å². The van der Waals surface area contributed by atoms with E-state index in [1.165, 1.54) is 0 Å². The Bertz CT molecular complexity index is 1140. The van der Waals surface area contributed by atoms with Crippen molar-refractivity contribution in [2.75, 3.05) is 12.4 Å². The third-order valence-corrected chi connectivity index (χ3v) is 6.97. The lowest BCUT2D eigenvalue weighted by Crippen LogP contribution is -2.31. The summed E-state index contributed by atoms with van der Waals surface area (Å²) in [6, 6.07) is 9.96. The average molecular weight is 491 g/mol. The lowest BCUT2D eigenvalue weighted by Gasteiger charge is -2.20. The SMILES string of the molecule is CCCS(=O)(=O)c1ccc(C)c(C#Cc2cc(Cl)ccc2O[C@H](CC(C)C)C(=O)OCC)c1. The summed E-state index contributed by atoms with van der Waals surface area (Å²) in [6.07, 6.45) is 0.263. The van der Waals surface area contributed by atoms with Crippen LogP contribution in [-0.2, 0) is 19.4 Å². The molecule has 0 aromatic heterocycles. The van der Waals surface area contributed by atoms with Crippen LogP contribution in [0.25, 0.3) is 0 Å². The Morgan fingerprint density at radius 3 is 2.39 bits per heavy atom. The number of esters is 1. The maximum absolute atomic E-state index is 12.5. The summed E-state index contributed by atoms with van der Waals surface area (Å²) in [5.41, 5.74) is 1.95. The molecule has 0 heterocycles. The first-order chi connectivity index (χ1) is 15.6. The predicted octanol–water partition coefficient (Wildman–Crippen LogP) is 5.59. The lowest BCUT2D eigenvalue weighted by molar-refractivity contribution is -0.152. The van der Waals surface area contributed by atoms with Gasteiger partial charge in [0.25, 0.3) is 0 Å². The zero-order chi connectivity index (χ0) is 24.6. The van der Waals surface area contributed by atoms with E-state index in [1.54, 1.807) is 43.3 Å². The molecule has 0 aliphatic carbocycles. The van der Waals surface area contributed by atoms with Gasteiger partial charge in [-0.05, 0) is 68.5 Å². The van der Waals surface area contributed by atoms with Gasteiger partial charge in [-0.25, -0.2) is 13.2 Å². The van der Waals surface area contributed by atoms with Crippen LogP contribution in [0.3, 0.4) is 0 Å². The topological polar surface area (TPSA) is 69.7 Å². The minimum atomic E-state index is -3.35. The van der Waals surface area contributed by atoms with E-state index in [-0.39, 0.29) is 23.2 Å². The van der Waals surface area contributed by atoms with Gasteiger partial charge in [-0.3, -0.25) is 0 Å². The van der Waals surface area contributed by atoms with Crippen LogP contribution < -0.4 is 4.74 Å². The van der Waals surface area contributed by atoms with Crippen molar-refractivity contribution in [2.24, 2.45) is 5.92 Å². The molecule has 0 bridgehead atoms. The molecule has 2 aromatic carbocycles. The second kappa shape index (κ2) is 12.1. The molecular formula is C26H31ClO5S. The normalized spacial score (nSPS) is 12.1. The molecule has 0 N–H and O–H groups in total. The van der Waals surface area contributed by atoms with Crippen molar-refractivity contribution in [3.63, 3.8) is 0 Å². The predicted molar refractivity (Wildman–Crippen MR) is 131 cm³/mol. The van der Waals surface area contributed by atoms with Crippen LogP contribution in [0.1, 0.15) is 57.2 Å². The van der Waals surface area contributed by atoms with Gasteiger partial charge in [-0.1, -0.05) is 50.3 Å². The van der Waals surface area contributed by atoms with Crippen molar-refractivity contribution in [1.29, 1.82) is 0 Å². The summed E-state index contributed by atoms with van der Waals surface area (Å²) in [7, 11) is -3.35. The number of ether oxygens (including phenoxy) is 2. The Balaban J connectivity index is 2.45. The summed E-state index contributed by atoms with van der Waals surface area (Å²) in [5, 5.41) is 0.471. The van der Waals surface area contributed by atoms with Crippen molar-refractivity contribution in [2.45, 2.75) is 58.5 Å². The standard InChI is InChI=1S/C26H31ClO5S/c1-6-14-33(29,30)23-12-8-19(5)20(17-23)9-10-21-16-22(27)11-13-24(21)32-25(15-18(3)4)26(28)31-7-2/h8,11-13,16-18,25H,6-7,14-15H2,1-5H3/t25-/m1/s1. The van der Waals surface area contributed by atoms with Crippen LogP contribution in [0.5, 0.6) is 5.75 Å². The number of aryl methyl sites for hydroxylation is 1. The van der Waals surface area contributed by atoms with Gasteiger partial charge in [0, 0.05) is 10.6 Å². The van der Waals surface area contributed by atoms with E-state index in [4.69, 9.17) is 21.1 Å². The van der Waals surface area contributed by atoms with E-state index in [0.29, 0.717) is 34.7 Å². The summed E-state index contributed by atoms with van der Waals surface area (Å²) in [6.45, 7) is 9.72. The second-order valence-corrected chi connectivity index (χ2v) is 10.7. The van der Waals surface area contributed by atoms with Gasteiger partial charge in [-0.2, -0.15) is 0 Å². The molecule has 2 rings (SSSR count). The number of benzene rings is 2. The zero-order valence-electron chi connectivity index (χ0n) is 19.8. The Labute approximate surface area is 202 Å². The number of carbonyl (C=O) groups is 1. The van der Waals surface area contributed by atoms with Gasteiger partial charge in [0.1, 0.15) is 5.75 Å². The van der Waals surface area contributed by atoms with Crippen molar-refractivity contribution < 1.29 is 22.7 Å². The molecule has 2 aromatic rings. The highest BCUT2D eigenvalue weighted by atomic mass is 35.5. The van der Waals surface area contributed by atoms with Crippen molar-refractivity contribution in [1.82, 2.24) is 0 Å². The van der Waals surface area contributed by atoms with Gasteiger partial charge in [0.05, 0.1) is 22.8 Å². The molecule has 1 atom stereocenters. The number of hydrogen-bond donors (Lipinski definition) is 0. The van der Waals surface area contributed by atoms with Crippen LogP contribution in [0.4, 0.5) is 0 Å². The third-order valence-electron chi connectivity index (χ3n) is 4.82. The number of sulfone groups is 1. The van der Waals surface area contributed by atoms with Gasteiger partial charge >= 0.3 is 5.97 Å². The van der Waals surface area contributed by atoms with E-state index in [1.807, 2.05) is 27.7 Å². The Morgan fingerprint density at radius 1 is 1.06 bits per heavy atom. The molecule has 0 aliphatic heterocycles. The Kier molecular flexibility index (Phi) is 9.82. The molecule has 33 heavy (non-hydrogen) atoms. The van der Waals surface area contributed by atoms with Crippen LogP contribution in [-0.4, -0.2) is 32.9 Å². The molecule has 0 spiro atoms. The van der Waals surface area contributed by atoms with Crippen LogP contribution in [0.2, 0.25) is 5.02 Å².